The van der Waals surface area contributed by atoms with E-state index in [9.17, 15) is 13.2 Å². The Morgan fingerprint density at radius 2 is 1.57 bits per heavy atom. The molecule has 0 spiro atoms. The number of alkyl halides is 3. The summed E-state index contributed by atoms with van der Waals surface area (Å²) < 4.78 is 39.1. The Balaban J connectivity index is 0.000000248. The fourth-order valence-electron chi connectivity index (χ4n) is 2.05. The predicted octanol–water partition coefficient (Wildman–Crippen LogP) is 5.57. The van der Waals surface area contributed by atoms with Crippen LogP contribution in [0.1, 0.15) is 17.1 Å². The van der Waals surface area contributed by atoms with E-state index in [0.29, 0.717) is 22.1 Å². The summed E-state index contributed by atoms with van der Waals surface area (Å²) in [6.45, 7) is 0. The molecule has 3 aromatic rings. The van der Waals surface area contributed by atoms with Crippen LogP contribution in [0.25, 0.3) is 5.69 Å². The number of aromatic nitrogens is 4. The zero-order valence-corrected chi connectivity index (χ0v) is 17.9. The van der Waals surface area contributed by atoms with E-state index in [0.717, 1.165) is 15.2 Å². The highest BCUT2D eigenvalue weighted by atomic mass is 79.9. The van der Waals surface area contributed by atoms with Crippen LogP contribution in [0.5, 0.6) is 0 Å². The lowest BCUT2D eigenvalue weighted by Gasteiger charge is -2.05. The van der Waals surface area contributed by atoms with Crippen LogP contribution >= 0.6 is 39.1 Å². The van der Waals surface area contributed by atoms with E-state index in [2.05, 4.69) is 31.0 Å². The molecule has 0 saturated heterocycles. The highest BCUT2D eigenvalue weighted by Gasteiger charge is 2.33. The molecular formula is C18H10BrCl2F3N6. The highest BCUT2D eigenvalue weighted by molar-refractivity contribution is 9.10. The Kier molecular flexibility index (Phi) is 8.18. The monoisotopic (exact) mass is 516 g/mol. The molecule has 0 aliphatic carbocycles. The van der Waals surface area contributed by atoms with Crippen LogP contribution in [0, 0.1) is 22.7 Å². The molecule has 154 valence electrons. The summed E-state index contributed by atoms with van der Waals surface area (Å²) in [6, 6.07) is 7.86. The summed E-state index contributed by atoms with van der Waals surface area (Å²) in [4.78, 5) is 7.89. The second kappa shape index (κ2) is 10.4. The van der Waals surface area contributed by atoms with Gasteiger partial charge in [0.25, 0.3) is 0 Å². The van der Waals surface area contributed by atoms with Gasteiger partial charge in [-0.25, -0.2) is 4.68 Å². The van der Waals surface area contributed by atoms with Gasteiger partial charge in [-0.3, -0.25) is 9.97 Å². The Morgan fingerprint density at radius 1 is 1.00 bits per heavy atom. The molecule has 0 unspecified atom stereocenters. The Bertz CT molecular complexity index is 1120. The Morgan fingerprint density at radius 3 is 2.03 bits per heavy atom. The molecule has 30 heavy (non-hydrogen) atoms. The average molecular weight is 518 g/mol. The quantitative estimate of drug-likeness (QED) is 0.453. The lowest BCUT2D eigenvalue weighted by molar-refractivity contribution is -0.141. The first-order valence-corrected chi connectivity index (χ1v) is 9.52. The smallest absolute Gasteiger partial charge is 0.257 e. The first-order valence-electron chi connectivity index (χ1n) is 7.97. The molecule has 6 nitrogen and oxygen atoms in total. The van der Waals surface area contributed by atoms with Gasteiger partial charge in [0.1, 0.15) is 0 Å². The van der Waals surface area contributed by atoms with E-state index < -0.39 is 11.9 Å². The van der Waals surface area contributed by atoms with Gasteiger partial charge in [0, 0.05) is 16.9 Å². The number of nitrogens with zero attached hydrogens (tertiary/aromatic N) is 6. The number of rotatable bonds is 3. The largest absolute Gasteiger partial charge is 0.435 e. The van der Waals surface area contributed by atoms with Crippen molar-refractivity contribution in [2.45, 2.75) is 19.0 Å². The molecule has 0 radical (unpaired) electrons. The first kappa shape index (κ1) is 23.6. The van der Waals surface area contributed by atoms with Crippen molar-refractivity contribution in [3.8, 4) is 17.8 Å². The molecule has 0 aliphatic rings. The average Bonchev–Trinajstić information content (AvgIpc) is 3.17. The number of halogens is 6. The van der Waals surface area contributed by atoms with Gasteiger partial charge >= 0.3 is 6.18 Å². The van der Waals surface area contributed by atoms with Crippen molar-refractivity contribution in [3.05, 3.63) is 68.4 Å². The highest BCUT2D eigenvalue weighted by Crippen LogP contribution is 2.28. The van der Waals surface area contributed by atoms with Crippen molar-refractivity contribution < 1.29 is 13.2 Å². The van der Waals surface area contributed by atoms with E-state index in [1.165, 1.54) is 18.5 Å². The molecule has 12 heteroatoms. The van der Waals surface area contributed by atoms with Gasteiger partial charge in [0.15, 0.2) is 5.69 Å². The summed E-state index contributed by atoms with van der Waals surface area (Å²) in [7, 11) is 0. The third-order valence-electron chi connectivity index (χ3n) is 3.42. The van der Waals surface area contributed by atoms with Crippen LogP contribution < -0.4 is 0 Å². The molecule has 0 atom stereocenters. The number of hydrogen-bond acceptors (Lipinski definition) is 5. The zero-order valence-electron chi connectivity index (χ0n) is 14.8. The fourth-order valence-corrected chi connectivity index (χ4v) is 2.98. The zero-order chi connectivity index (χ0) is 22.3. The van der Waals surface area contributed by atoms with Gasteiger partial charge in [-0.15, -0.1) is 0 Å². The van der Waals surface area contributed by atoms with Crippen molar-refractivity contribution in [3.63, 3.8) is 0 Å². The van der Waals surface area contributed by atoms with Gasteiger partial charge in [-0.1, -0.05) is 23.2 Å². The minimum Gasteiger partial charge on any atom is -0.257 e. The van der Waals surface area contributed by atoms with Crippen molar-refractivity contribution in [2.75, 3.05) is 0 Å². The minimum absolute atomic E-state index is 0.0338. The summed E-state index contributed by atoms with van der Waals surface area (Å²) >= 11 is 14.9. The normalized spacial score (nSPS) is 10.5. The molecular weight excluding hydrogens is 508 g/mol. The molecule has 0 saturated carbocycles. The lowest BCUT2D eigenvalue weighted by Crippen LogP contribution is -2.07. The van der Waals surface area contributed by atoms with E-state index in [1.807, 2.05) is 12.1 Å². The molecule has 0 bridgehead atoms. The van der Waals surface area contributed by atoms with Gasteiger partial charge in [-0.05, 0) is 34.1 Å². The number of pyridine rings is 2. The summed E-state index contributed by atoms with van der Waals surface area (Å²) in [5.41, 5.74) is 0.292. The van der Waals surface area contributed by atoms with Gasteiger partial charge in [0.2, 0.25) is 0 Å². The molecule has 3 rings (SSSR count). The maximum atomic E-state index is 12.4. The van der Waals surface area contributed by atoms with Gasteiger partial charge in [-0.2, -0.15) is 28.8 Å². The second-order valence-corrected chi connectivity index (χ2v) is 7.25. The lowest BCUT2D eigenvalue weighted by atomic mass is 10.3. The van der Waals surface area contributed by atoms with Crippen molar-refractivity contribution in [2.24, 2.45) is 0 Å². The number of nitriles is 2. The summed E-state index contributed by atoms with van der Waals surface area (Å²) in [6.07, 6.45) is -0.105. The maximum Gasteiger partial charge on any atom is 0.435 e. The third kappa shape index (κ3) is 6.42. The summed E-state index contributed by atoms with van der Waals surface area (Å²) in [5, 5.41) is 21.0. The minimum atomic E-state index is -4.50. The number of hydrogen-bond donors (Lipinski definition) is 0. The molecule has 0 fully saturated rings. The van der Waals surface area contributed by atoms with Crippen LogP contribution in [0.15, 0.2) is 41.3 Å². The molecule has 0 aromatic carbocycles. The Labute approximate surface area is 187 Å². The van der Waals surface area contributed by atoms with Gasteiger partial charge < -0.3 is 0 Å². The Hall–Kier alpha value is -2.66. The molecule has 0 N–H and O–H groups in total. The van der Waals surface area contributed by atoms with Crippen LogP contribution in [-0.2, 0) is 19.0 Å². The second-order valence-electron chi connectivity index (χ2n) is 5.52. The van der Waals surface area contributed by atoms with Crippen molar-refractivity contribution >= 4 is 39.1 Å². The molecule has 3 heterocycles. The van der Waals surface area contributed by atoms with Crippen LogP contribution in [0.2, 0.25) is 10.0 Å². The predicted molar refractivity (Wildman–Crippen MR) is 107 cm³/mol. The first-order chi connectivity index (χ1) is 14.2. The molecule has 0 aliphatic heterocycles. The summed E-state index contributed by atoms with van der Waals surface area (Å²) in [5.74, 6) is 0. The van der Waals surface area contributed by atoms with Crippen molar-refractivity contribution in [1.82, 2.24) is 19.7 Å². The topological polar surface area (TPSA) is 91.2 Å². The molecule has 0 amide bonds. The van der Waals surface area contributed by atoms with Crippen LogP contribution in [-0.4, -0.2) is 19.7 Å². The third-order valence-corrected chi connectivity index (χ3v) is 4.51. The van der Waals surface area contributed by atoms with Crippen LogP contribution in [0.3, 0.4) is 0 Å². The van der Waals surface area contributed by atoms with E-state index >= 15 is 0 Å². The molecule has 3 aromatic heterocycles. The maximum absolute atomic E-state index is 12.4. The van der Waals surface area contributed by atoms with E-state index in [4.69, 9.17) is 33.7 Å². The fraction of sp³-hybridized carbons (Fsp3) is 0.167. The SMILES string of the molecule is N#CCc1ncc(-n2ccc(C(F)(F)F)n2)cc1Cl.N#CCc1ncc(Br)cc1Cl. The van der Waals surface area contributed by atoms with Crippen molar-refractivity contribution in [1.29, 1.82) is 10.5 Å². The standard InChI is InChI=1S/C11H6ClF3N4.C7H4BrClN2/c12-8-5-7(6-17-9(8)1-3-16)19-4-2-10(18-19)11(13,14)15;8-5-3-6(9)7(1-2-10)11-4-5/h2,4-6H,1H2;3-4H,1H2. The van der Waals surface area contributed by atoms with Crippen LogP contribution in [0.4, 0.5) is 13.2 Å². The van der Waals surface area contributed by atoms with Gasteiger partial charge in [0.05, 0.1) is 58.3 Å². The van der Waals surface area contributed by atoms with E-state index in [1.54, 1.807) is 12.3 Å². The van der Waals surface area contributed by atoms with E-state index in [-0.39, 0.29) is 17.9 Å².